The van der Waals surface area contributed by atoms with Crippen LogP contribution in [0.5, 0.6) is 0 Å². The van der Waals surface area contributed by atoms with E-state index in [4.69, 9.17) is 15.6 Å². The average molecular weight is 253 g/mol. The normalized spacial score (nSPS) is 10.4. The van der Waals surface area contributed by atoms with Gasteiger partial charge >= 0.3 is 12.1 Å². The van der Waals surface area contributed by atoms with Gasteiger partial charge in [0.25, 0.3) is 0 Å². The number of carboxylic acids is 1. The van der Waals surface area contributed by atoms with Crippen LogP contribution in [-0.4, -0.2) is 23.8 Å². The first-order valence-electron chi connectivity index (χ1n) is 4.52. The van der Waals surface area contributed by atoms with Crippen LogP contribution in [0.2, 0.25) is 0 Å². The highest BCUT2D eigenvalue weighted by molar-refractivity contribution is 5.73. The molecule has 3 nitrogen and oxygen atoms in total. The summed E-state index contributed by atoms with van der Waals surface area (Å²) in [7, 11) is 0. The van der Waals surface area contributed by atoms with Crippen LogP contribution in [-0.2, 0) is 11.2 Å². The third-order valence-corrected chi connectivity index (χ3v) is 1.59. The van der Waals surface area contributed by atoms with Crippen molar-refractivity contribution in [2.75, 3.05) is 6.54 Å². The molecule has 0 fully saturated rings. The summed E-state index contributed by atoms with van der Waals surface area (Å²) in [5.74, 6) is -2.95. The Morgan fingerprint density at radius 3 is 1.94 bits per heavy atom. The zero-order valence-corrected chi connectivity index (χ0v) is 8.67. The average Bonchev–Trinajstić information content (AvgIpc) is 2.21. The number of benzene rings is 1. The zero-order chi connectivity index (χ0) is 13.5. The quantitative estimate of drug-likeness (QED) is 0.792. The van der Waals surface area contributed by atoms with E-state index in [1.807, 2.05) is 0 Å². The second-order valence-corrected chi connectivity index (χ2v) is 2.97. The fourth-order valence-corrected chi connectivity index (χ4v) is 0.818. The number of carbonyl (C=O) groups is 1. The van der Waals surface area contributed by atoms with E-state index in [1.54, 1.807) is 12.1 Å². The lowest BCUT2D eigenvalue weighted by Gasteiger charge is -1.95. The molecule has 17 heavy (non-hydrogen) atoms. The minimum Gasteiger partial charge on any atom is -0.475 e. The van der Waals surface area contributed by atoms with Gasteiger partial charge in [-0.05, 0) is 30.7 Å². The molecule has 0 atom stereocenters. The summed E-state index contributed by atoms with van der Waals surface area (Å²) in [6.45, 7) is 0.617. The molecule has 0 saturated carbocycles. The lowest BCUT2D eigenvalue weighted by molar-refractivity contribution is -0.192. The summed E-state index contributed by atoms with van der Waals surface area (Å²) in [5, 5.41) is 7.12. The van der Waals surface area contributed by atoms with Gasteiger partial charge in [-0.3, -0.25) is 0 Å². The number of carboxylic acid groups (broad SMARTS) is 1. The number of halogens is 4. The molecule has 0 aliphatic heterocycles. The molecule has 0 unspecified atom stereocenters. The maximum atomic E-state index is 12.3. The van der Waals surface area contributed by atoms with Crippen molar-refractivity contribution in [2.24, 2.45) is 5.73 Å². The van der Waals surface area contributed by atoms with Crippen molar-refractivity contribution >= 4 is 5.97 Å². The Bertz CT molecular complexity index is 348. The highest BCUT2D eigenvalue weighted by Crippen LogP contribution is 2.13. The van der Waals surface area contributed by atoms with Gasteiger partial charge in [-0.2, -0.15) is 13.2 Å². The second kappa shape index (κ2) is 6.85. The van der Waals surface area contributed by atoms with Crippen molar-refractivity contribution in [1.82, 2.24) is 0 Å². The molecule has 0 amide bonds. The molecular weight excluding hydrogens is 242 g/mol. The number of hydrogen-bond donors (Lipinski definition) is 2. The van der Waals surface area contributed by atoms with Gasteiger partial charge in [-0.25, -0.2) is 9.18 Å². The summed E-state index contributed by atoms with van der Waals surface area (Å²) in [6, 6.07) is 6.40. The molecular formula is C10H11F4NO2. The van der Waals surface area contributed by atoms with Crippen molar-refractivity contribution in [2.45, 2.75) is 12.6 Å². The van der Waals surface area contributed by atoms with Gasteiger partial charge in [0.2, 0.25) is 0 Å². The smallest absolute Gasteiger partial charge is 0.475 e. The monoisotopic (exact) mass is 253 g/mol. The van der Waals surface area contributed by atoms with E-state index in [-0.39, 0.29) is 5.82 Å². The number of hydrogen-bond acceptors (Lipinski definition) is 2. The Balaban J connectivity index is 0.000000325. The van der Waals surface area contributed by atoms with Crippen molar-refractivity contribution in [3.63, 3.8) is 0 Å². The summed E-state index contributed by atoms with van der Waals surface area (Å²) >= 11 is 0. The van der Waals surface area contributed by atoms with E-state index in [1.165, 1.54) is 12.1 Å². The topological polar surface area (TPSA) is 63.3 Å². The molecule has 3 N–H and O–H groups in total. The van der Waals surface area contributed by atoms with Crippen molar-refractivity contribution < 1.29 is 27.5 Å². The first-order chi connectivity index (χ1) is 7.77. The molecule has 0 aromatic heterocycles. The molecule has 0 aliphatic rings. The SMILES string of the molecule is NCCc1ccc(F)cc1.O=C(O)C(F)(F)F. The van der Waals surface area contributed by atoms with Gasteiger partial charge in [0.05, 0.1) is 0 Å². The van der Waals surface area contributed by atoms with E-state index in [0.717, 1.165) is 12.0 Å². The number of nitrogens with two attached hydrogens (primary N) is 1. The van der Waals surface area contributed by atoms with Crippen LogP contribution in [0.3, 0.4) is 0 Å². The van der Waals surface area contributed by atoms with Crippen LogP contribution >= 0.6 is 0 Å². The molecule has 0 saturated heterocycles. The fourth-order valence-electron chi connectivity index (χ4n) is 0.818. The van der Waals surface area contributed by atoms with Crippen molar-refractivity contribution in [3.05, 3.63) is 35.6 Å². The first kappa shape index (κ1) is 15.4. The Morgan fingerprint density at radius 2 is 1.65 bits per heavy atom. The van der Waals surface area contributed by atoms with E-state index in [9.17, 15) is 17.6 Å². The Labute approximate surface area is 94.9 Å². The van der Waals surface area contributed by atoms with E-state index >= 15 is 0 Å². The molecule has 7 heteroatoms. The molecule has 1 aromatic rings. The largest absolute Gasteiger partial charge is 0.490 e. The van der Waals surface area contributed by atoms with Gasteiger partial charge in [0, 0.05) is 0 Å². The van der Waals surface area contributed by atoms with E-state index in [0.29, 0.717) is 6.54 Å². The maximum Gasteiger partial charge on any atom is 0.490 e. The fraction of sp³-hybridized carbons (Fsp3) is 0.300. The molecule has 0 bridgehead atoms. The highest BCUT2D eigenvalue weighted by atomic mass is 19.4. The zero-order valence-electron chi connectivity index (χ0n) is 8.67. The number of rotatable bonds is 2. The molecule has 1 aromatic carbocycles. The Morgan fingerprint density at radius 1 is 1.24 bits per heavy atom. The van der Waals surface area contributed by atoms with E-state index in [2.05, 4.69) is 0 Å². The Kier molecular flexibility index (Phi) is 6.19. The second-order valence-electron chi connectivity index (χ2n) is 2.97. The summed E-state index contributed by atoms with van der Waals surface area (Å²) < 4.78 is 44.0. The molecule has 0 spiro atoms. The summed E-state index contributed by atoms with van der Waals surface area (Å²) in [4.78, 5) is 8.90. The molecule has 96 valence electrons. The number of aliphatic carboxylic acids is 1. The van der Waals surface area contributed by atoms with Gasteiger partial charge in [0.1, 0.15) is 5.82 Å². The van der Waals surface area contributed by atoms with Gasteiger partial charge < -0.3 is 10.8 Å². The summed E-state index contributed by atoms with van der Waals surface area (Å²) in [6.07, 6.45) is -4.26. The minimum absolute atomic E-state index is 0.194. The Hall–Kier alpha value is -1.63. The molecule has 0 heterocycles. The molecule has 0 radical (unpaired) electrons. The van der Waals surface area contributed by atoms with Crippen LogP contribution in [0.15, 0.2) is 24.3 Å². The third-order valence-electron chi connectivity index (χ3n) is 1.59. The van der Waals surface area contributed by atoms with Crippen LogP contribution in [0, 0.1) is 5.82 Å². The van der Waals surface area contributed by atoms with Crippen LogP contribution in [0.25, 0.3) is 0 Å². The summed E-state index contributed by atoms with van der Waals surface area (Å²) in [5.41, 5.74) is 6.39. The standard InChI is InChI=1S/C8H10FN.C2HF3O2/c9-8-3-1-7(2-4-8)5-6-10;3-2(4,5)1(6)7/h1-4H,5-6,10H2;(H,6,7). The van der Waals surface area contributed by atoms with Gasteiger partial charge in [-0.15, -0.1) is 0 Å². The maximum absolute atomic E-state index is 12.3. The van der Waals surface area contributed by atoms with Gasteiger partial charge in [-0.1, -0.05) is 12.1 Å². The predicted molar refractivity (Wildman–Crippen MR) is 52.8 cm³/mol. The van der Waals surface area contributed by atoms with Crippen LogP contribution in [0.1, 0.15) is 5.56 Å². The predicted octanol–water partition coefficient (Wildman–Crippen LogP) is 1.96. The van der Waals surface area contributed by atoms with Crippen LogP contribution in [0.4, 0.5) is 17.6 Å². The van der Waals surface area contributed by atoms with Crippen LogP contribution < -0.4 is 5.73 Å². The lowest BCUT2D eigenvalue weighted by Crippen LogP contribution is -2.21. The van der Waals surface area contributed by atoms with Gasteiger partial charge in [0.15, 0.2) is 0 Å². The highest BCUT2D eigenvalue weighted by Gasteiger charge is 2.38. The first-order valence-corrected chi connectivity index (χ1v) is 4.52. The van der Waals surface area contributed by atoms with Crippen molar-refractivity contribution in [3.8, 4) is 0 Å². The molecule has 1 rings (SSSR count). The minimum atomic E-state index is -5.08. The third kappa shape index (κ3) is 7.29. The number of alkyl halides is 3. The van der Waals surface area contributed by atoms with E-state index < -0.39 is 12.1 Å². The lowest BCUT2D eigenvalue weighted by atomic mass is 10.1. The van der Waals surface area contributed by atoms with Crippen molar-refractivity contribution in [1.29, 1.82) is 0 Å². The molecule has 0 aliphatic carbocycles.